The van der Waals surface area contributed by atoms with Crippen molar-refractivity contribution in [1.82, 2.24) is 13.7 Å². The summed E-state index contributed by atoms with van der Waals surface area (Å²) in [5.41, 5.74) is 15.5. The van der Waals surface area contributed by atoms with E-state index in [2.05, 4.69) is 226 Å². The van der Waals surface area contributed by atoms with Crippen molar-refractivity contribution < 1.29 is 0 Å². The molecule has 3 heteroatoms. The molecule has 0 aliphatic heterocycles. The summed E-state index contributed by atoms with van der Waals surface area (Å²) in [4.78, 5) is 0. The SMILES string of the molecule is c1ccc(-n2c3ccccc3c3cc(-c4cccc(-c5cc6c(c7ccccc7n6-c6ccccc6)c6c5c5ccccc5n6-c5ccccc5)c4)ccc32)cc1. The van der Waals surface area contributed by atoms with E-state index in [4.69, 9.17) is 0 Å². The molecular formula is C54H35N3. The monoisotopic (exact) mass is 725 g/mol. The van der Waals surface area contributed by atoms with E-state index in [1.165, 1.54) is 93.4 Å². The quantitative estimate of drug-likeness (QED) is 0.168. The standard InChI is InChI=1S/C54H35N3/c1-4-19-39(20-5-1)55-47-28-13-10-25-42(47)46-34-37(31-32-50(46)55)36-17-16-18-38(33-36)45-35-51-53(44-27-12-14-29-48(44)56(51)40-21-6-2-7-22-40)54-52(45)43-26-11-15-30-49(43)57(54)41-23-8-3-9-24-41/h1-35H. The molecule has 3 heterocycles. The van der Waals surface area contributed by atoms with E-state index in [0.29, 0.717) is 0 Å². The average molecular weight is 726 g/mol. The average Bonchev–Trinajstić information content (AvgIpc) is 3.93. The first-order valence-electron chi connectivity index (χ1n) is 19.6. The van der Waals surface area contributed by atoms with Gasteiger partial charge in [0.15, 0.2) is 0 Å². The van der Waals surface area contributed by atoms with Gasteiger partial charge in [0.2, 0.25) is 0 Å². The maximum atomic E-state index is 2.48. The van der Waals surface area contributed by atoms with E-state index in [0.717, 1.165) is 11.4 Å². The van der Waals surface area contributed by atoms with Crippen LogP contribution in [-0.4, -0.2) is 13.7 Å². The lowest BCUT2D eigenvalue weighted by atomic mass is 9.94. The molecule has 0 unspecified atom stereocenters. The predicted molar refractivity (Wildman–Crippen MR) is 240 cm³/mol. The lowest BCUT2D eigenvalue weighted by molar-refractivity contribution is 1.17. The number of benzene rings is 9. The van der Waals surface area contributed by atoms with Gasteiger partial charge in [0.1, 0.15) is 0 Å². The third-order valence-electron chi connectivity index (χ3n) is 11.8. The van der Waals surface area contributed by atoms with Crippen LogP contribution in [0.2, 0.25) is 0 Å². The van der Waals surface area contributed by atoms with Crippen LogP contribution in [0.3, 0.4) is 0 Å². The Hall–Kier alpha value is -7.62. The largest absolute Gasteiger partial charge is 0.309 e. The van der Waals surface area contributed by atoms with Crippen LogP contribution in [0.4, 0.5) is 0 Å². The summed E-state index contributed by atoms with van der Waals surface area (Å²) in [6.45, 7) is 0. The summed E-state index contributed by atoms with van der Waals surface area (Å²) < 4.78 is 7.31. The van der Waals surface area contributed by atoms with Crippen LogP contribution in [0.5, 0.6) is 0 Å². The zero-order chi connectivity index (χ0) is 37.5. The van der Waals surface area contributed by atoms with E-state index in [-0.39, 0.29) is 0 Å². The van der Waals surface area contributed by atoms with Crippen molar-refractivity contribution in [3.8, 4) is 39.3 Å². The minimum absolute atomic E-state index is 1.15. The third kappa shape index (κ3) is 4.73. The van der Waals surface area contributed by atoms with Crippen molar-refractivity contribution in [2.75, 3.05) is 0 Å². The second-order valence-electron chi connectivity index (χ2n) is 14.9. The molecular weight excluding hydrogens is 691 g/mol. The van der Waals surface area contributed by atoms with Crippen LogP contribution in [0.25, 0.3) is 105 Å². The molecule has 0 atom stereocenters. The number of aromatic nitrogens is 3. The molecule has 3 nitrogen and oxygen atoms in total. The third-order valence-corrected chi connectivity index (χ3v) is 11.8. The first-order chi connectivity index (χ1) is 28.3. The zero-order valence-electron chi connectivity index (χ0n) is 31.0. The summed E-state index contributed by atoms with van der Waals surface area (Å²) in [6, 6.07) is 77.4. The smallest absolute Gasteiger partial charge is 0.0647 e. The summed E-state index contributed by atoms with van der Waals surface area (Å²) in [6.07, 6.45) is 0. The Labute approximate surface area is 329 Å². The van der Waals surface area contributed by atoms with E-state index >= 15 is 0 Å². The highest BCUT2D eigenvalue weighted by Gasteiger charge is 2.24. The summed E-state index contributed by atoms with van der Waals surface area (Å²) in [5.74, 6) is 0. The molecule has 0 N–H and O–H groups in total. The number of rotatable bonds is 5. The number of fused-ring (bicyclic) bond motifs is 10. The Morgan fingerprint density at radius 2 is 0.702 bits per heavy atom. The lowest BCUT2D eigenvalue weighted by Gasteiger charge is -2.14. The molecule has 266 valence electrons. The minimum Gasteiger partial charge on any atom is -0.309 e. The summed E-state index contributed by atoms with van der Waals surface area (Å²) in [7, 11) is 0. The summed E-state index contributed by atoms with van der Waals surface area (Å²) in [5, 5.41) is 7.50. The number of para-hydroxylation sites is 6. The molecule has 9 aromatic carbocycles. The van der Waals surface area contributed by atoms with Gasteiger partial charge in [-0.3, -0.25) is 0 Å². The molecule has 3 aromatic heterocycles. The highest BCUT2D eigenvalue weighted by molar-refractivity contribution is 6.30. The van der Waals surface area contributed by atoms with Gasteiger partial charge in [-0.2, -0.15) is 0 Å². The Kier molecular flexibility index (Phi) is 6.93. The molecule has 0 spiro atoms. The van der Waals surface area contributed by atoms with E-state index in [1.807, 2.05) is 0 Å². The Bertz CT molecular complexity index is 3500. The highest BCUT2D eigenvalue weighted by atomic mass is 15.0. The first-order valence-corrected chi connectivity index (χ1v) is 19.6. The lowest BCUT2D eigenvalue weighted by Crippen LogP contribution is -1.96. The number of hydrogen-bond acceptors (Lipinski definition) is 0. The second kappa shape index (κ2) is 12.5. The topological polar surface area (TPSA) is 14.8 Å². The van der Waals surface area contributed by atoms with Crippen LogP contribution in [-0.2, 0) is 0 Å². The fourth-order valence-electron chi connectivity index (χ4n) is 9.41. The zero-order valence-corrected chi connectivity index (χ0v) is 31.0. The molecule has 0 aliphatic rings. The molecule has 57 heavy (non-hydrogen) atoms. The second-order valence-corrected chi connectivity index (χ2v) is 14.9. The number of hydrogen-bond donors (Lipinski definition) is 0. The summed E-state index contributed by atoms with van der Waals surface area (Å²) >= 11 is 0. The van der Waals surface area contributed by atoms with Crippen molar-refractivity contribution in [1.29, 1.82) is 0 Å². The molecule has 12 rings (SSSR count). The van der Waals surface area contributed by atoms with Crippen LogP contribution in [0.15, 0.2) is 212 Å². The van der Waals surface area contributed by atoms with Gasteiger partial charge < -0.3 is 13.7 Å². The fraction of sp³-hybridized carbons (Fsp3) is 0. The van der Waals surface area contributed by atoms with Crippen molar-refractivity contribution in [3.05, 3.63) is 212 Å². The molecule has 0 fully saturated rings. The van der Waals surface area contributed by atoms with E-state index < -0.39 is 0 Å². The number of nitrogens with zero attached hydrogens (tertiary/aromatic N) is 3. The van der Waals surface area contributed by atoms with Gasteiger partial charge in [-0.1, -0.05) is 133 Å². The van der Waals surface area contributed by atoms with Crippen molar-refractivity contribution in [2.45, 2.75) is 0 Å². The van der Waals surface area contributed by atoms with Crippen LogP contribution < -0.4 is 0 Å². The van der Waals surface area contributed by atoms with E-state index in [9.17, 15) is 0 Å². The molecule has 0 saturated heterocycles. The van der Waals surface area contributed by atoms with Crippen molar-refractivity contribution in [3.63, 3.8) is 0 Å². The van der Waals surface area contributed by atoms with Crippen LogP contribution >= 0.6 is 0 Å². The van der Waals surface area contributed by atoms with Gasteiger partial charge in [0.05, 0.1) is 33.1 Å². The van der Waals surface area contributed by atoms with Gasteiger partial charge in [0.25, 0.3) is 0 Å². The van der Waals surface area contributed by atoms with Gasteiger partial charge in [0, 0.05) is 49.4 Å². The van der Waals surface area contributed by atoms with Gasteiger partial charge in [-0.05, 0) is 101 Å². The van der Waals surface area contributed by atoms with Crippen LogP contribution in [0.1, 0.15) is 0 Å². The van der Waals surface area contributed by atoms with Gasteiger partial charge >= 0.3 is 0 Å². The molecule has 0 bridgehead atoms. The van der Waals surface area contributed by atoms with Gasteiger partial charge in [-0.25, -0.2) is 0 Å². The molecule has 0 saturated carbocycles. The molecule has 0 aliphatic carbocycles. The van der Waals surface area contributed by atoms with Crippen molar-refractivity contribution in [2.24, 2.45) is 0 Å². The molecule has 0 radical (unpaired) electrons. The normalized spacial score (nSPS) is 11.9. The Morgan fingerprint density at radius 1 is 0.246 bits per heavy atom. The highest BCUT2D eigenvalue weighted by Crippen LogP contribution is 2.47. The van der Waals surface area contributed by atoms with E-state index in [1.54, 1.807) is 0 Å². The molecule has 0 amide bonds. The predicted octanol–water partition coefficient (Wildman–Crippen LogP) is 14.3. The van der Waals surface area contributed by atoms with Gasteiger partial charge in [-0.15, -0.1) is 0 Å². The maximum Gasteiger partial charge on any atom is 0.0647 e. The first kappa shape index (κ1) is 31.7. The molecule has 12 aromatic rings. The fourth-order valence-corrected chi connectivity index (χ4v) is 9.41. The Morgan fingerprint density at radius 3 is 1.35 bits per heavy atom. The maximum absolute atomic E-state index is 2.48. The minimum atomic E-state index is 1.15. The van der Waals surface area contributed by atoms with Crippen LogP contribution in [0, 0.1) is 0 Å². The van der Waals surface area contributed by atoms with Crippen molar-refractivity contribution >= 4 is 65.4 Å². The Balaban J connectivity index is 1.16.